The summed E-state index contributed by atoms with van der Waals surface area (Å²) >= 11 is 3.01. The lowest BCUT2D eigenvalue weighted by atomic mass is 10.1. The van der Waals surface area contributed by atoms with Crippen molar-refractivity contribution in [2.24, 2.45) is 0 Å². The van der Waals surface area contributed by atoms with E-state index in [0.29, 0.717) is 5.56 Å². The smallest absolute Gasteiger partial charge is 0.173 e. The predicted octanol–water partition coefficient (Wildman–Crippen LogP) is 3.17. The summed E-state index contributed by atoms with van der Waals surface area (Å²) in [6.07, 6.45) is 1.62. The molecule has 1 unspecified atom stereocenters. The van der Waals surface area contributed by atoms with Gasteiger partial charge >= 0.3 is 0 Å². The average Bonchev–Trinajstić information content (AvgIpc) is 2.19. The number of nitrogens with one attached hydrogen (secondary N) is 1. The maximum atomic E-state index is 13.1. The van der Waals surface area contributed by atoms with Crippen molar-refractivity contribution < 1.29 is 8.78 Å². The molecule has 1 nitrogen and oxygen atoms in total. The van der Waals surface area contributed by atoms with Gasteiger partial charge in [0.2, 0.25) is 0 Å². The Balaban J connectivity index is 3.22. The van der Waals surface area contributed by atoms with E-state index in [2.05, 4.69) is 27.8 Å². The molecule has 1 atom stereocenters. The second-order valence-electron chi connectivity index (χ2n) is 2.77. The molecule has 0 aliphatic carbocycles. The lowest BCUT2D eigenvalue weighted by Gasteiger charge is -2.14. The fourth-order valence-corrected chi connectivity index (χ4v) is 1.75. The summed E-state index contributed by atoms with van der Waals surface area (Å²) in [7, 11) is 1.72. The van der Waals surface area contributed by atoms with Gasteiger partial charge in [-0.15, -0.1) is 6.58 Å². The first kappa shape index (κ1) is 11.3. The molecule has 0 heterocycles. The first-order valence-corrected chi connectivity index (χ1v) is 4.84. The molecule has 76 valence electrons. The molecular weight excluding hydrogens is 252 g/mol. The zero-order chi connectivity index (χ0) is 10.7. The van der Waals surface area contributed by atoms with E-state index in [1.807, 2.05) is 0 Å². The summed E-state index contributed by atoms with van der Waals surface area (Å²) in [6, 6.07) is 2.42. The summed E-state index contributed by atoms with van der Waals surface area (Å²) < 4.78 is 26.1. The third-order valence-electron chi connectivity index (χ3n) is 1.95. The van der Waals surface area contributed by atoms with Gasteiger partial charge in [0.15, 0.2) is 11.6 Å². The lowest BCUT2D eigenvalue weighted by molar-refractivity contribution is 0.500. The van der Waals surface area contributed by atoms with E-state index in [0.717, 1.165) is 6.07 Å². The van der Waals surface area contributed by atoms with Gasteiger partial charge in [-0.2, -0.15) is 0 Å². The van der Waals surface area contributed by atoms with Gasteiger partial charge in [-0.05, 0) is 34.6 Å². The third kappa shape index (κ3) is 2.01. The van der Waals surface area contributed by atoms with Gasteiger partial charge in [0.05, 0.1) is 10.5 Å². The molecule has 14 heavy (non-hydrogen) atoms. The highest BCUT2D eigenvalue weighted by molar-refractivity contribution is 9.10. The van der Waals surface area contributed by atoms with E-state index in [9.17, 15) is 8.78 Å². The minimum Gasteiger partial charge on any atom is -0.310 e. The molecule has 0 radical (unpaired) electrons. The Morgan fingerprint density at radius 2 is 2.14 bits per heavy atom. The third-order valence-corrected chi connectivity index (χ3v) is 2.75. The summed E-state index contributed by atoms with van der Waals surface area (Å²) in [5.41, 5.74) is 0.626. The number of hydrogen-bond donors (Lipinski definition) is 1. The second-order valence-corrected chi connectivity index (χ2v) is 3.56. The van der Waals surface area contributed by atoms with Gasteiger partial charge < -0.3 is 5.32 Å². The minimum atomic E-state index is -0.871. The number of rotatable bonds is 3. The summed E-state index contributed by atoms with van der Waals surface area (Å²) in [5, 5.41) is 2.92. The van der Waals surface area contributed by atoms with Crippen LogP contribution in [0.5, 0.6) is 0 Å². The largest absolute Gasteiger partial charge is 0.310 e. The molecule has 1 N–H and O–H groups in total. The van der Waals surface area contributed by atoms with Crippen molar-refractivity contribution in [1.29, 1.82) is 0 Å². The van der Waals surface area contributed by atoms with Crippen molar-refractivity contribution in [2.45, 2.75) is 6.04 Å². The van der Waals surface area contributed by atoms with Crippen molar-refractivity contribution in [2.75, 3.05) is 7.05 Å². The van der Waals surface area contributed by atoms with Crippen LogP contribution >= 0.6 is 15.9 Å². The van der Waals surface area contributed by atoms with Crippen LogP contribution in [-0.4, -0.2) is 7.05 Å². The topological polar surface area (TPSA) is 12.0 Å². The first-order chi connectivity index (χ1) is 6.61. The van der Waals surface area contributed by atoms with E-state index in [1.165, 1.54) is 6.07 Å². The van der Waals surface area contributed by atoms with Gasteiger partial charge in [-0.25, -0.2) is 8.78 Å². The zero-order valence-electron chi connectivity index (χ0n) is 7.65. The van der Waals surface area contributed by atoms with E-state index in [4.69, 9.17) is 0 Å². The maximum absolute atomic E-state index is 13.1. The molecule has 0 aromatic heterocycles. The van der Waals surface area contributed by atoms with Crippen molar-refractivity contribution in [3.8, 4) is 0 Å². The molecule has 0 saturated carbocycles. The van der Waals surface area contributed by atoms with Crippen LogP contribution in [-0.2, 0) is 0 Å². The number of likely N-dealkylation sites (N-methyl/N-ethyl adjacent to an activating group) is 1. The van der Waals surface area contributed by atoms with Gasteiger partial charge in [0.25, 0.3) is 0 Å². The minimum absolute atomic E-state index is 0.136. The first-order valence-electron chi connectivity index (χ1n) is 4.05. The van der Waals surface area contributed by atoms with Crippen molar-refractivity contribution in [3.63, 3.8) is 0 Å². The Labute approximate surface area is 90.0 Å². The number of halogens is 3. The van der Waals surface area contributed by atoms with Crippen LogP contribution in [0.1, 0.15) is 11.6 Å². The fourth-order valence-electron chi connectivity index (χ4n) is 1.18. The van der Waals surface area contributed by atoms with Crippen LogP contribution < -0.4 is 5.32 Å². The summed E-state index contributed by atoms with van der Waals surface area (Å²) in [5.74, 6) is -1.73. The summed E-state index contributed by atoms with van der Waals surface area (Å²) in [6.45, 7) is 3.60. The van der Waals surface area contributed by atoms with Gasteiger partial charge in [-0.3, -0.25) is 0 Å². The van der Waals surface area contributed by atoms with Crippen LogP contribution in [0.15, 0.2) is 29.3 Å². The molecule has 0 fully saturated rings. The Kier molecular flexibility index (Phi) is 3.77. The SMILES string of the molecule is C=CC(NC)c1ccc(F)c(F)c1Br. The monoisotopic (exact) mass is 261 g/mol. The number of benzene rings is 1. The van der Waals surface area contributed by atoms with Crippen molar-refractivity contribution in [1.82, 2.24) is 5.32 Å². The average molecular weight is 262 g/mol. The molecular formula is C10H10BrF2N. The molecule has 0 spiro atoms. The quantitative estimate of drug-likeness (QED) is 0.651. The molecule has 0 bridgehead atoms. The highest BCUT2D eigenvalue weighted by Gasteiger charge is 2.15. The lowest BCUT2D eigenvalue weighted by Crippen LogP contribution is -2.14. The van der Waals surface area contributed by atoms with Gasteiger partial charge in [0, 0.05) is 0 Å². The second kappa shape index (κ2) is 4.66. The van der Waals surface area contributed by atoms with Crippen LogP contribution in [0.25, 0.3) is 0 Å². The Morgan fingerprint density at radius 3 is 2.64 bits per heavy atom. The highest BCUT2D eigenvalue weighted by Crippen LogP contribution is 2.28. The van der Waals surface area contributed by atoms with E-state index >= 15 is 0 Å². The van der Waals surface area contributed by atoms with Crippen LogP contribution in [0.2, 0.25) is 0 Å². The Morgan fingerprint density at radius 1 is 1.50 bits per heavy atom. The van der Waals surface area contributed by atoms with Crippen molar-refractivity contribution in [3.05, 3.63) is 46.5 Å². The van der Waals surface area contributed by atoms with E-state index < -0.39 is 11.6 Å². The highest BCUT2D eigenvalue weighted by atomic mass is 79.9. The number of hydrogen-bond acceptors (Lipinski definition) is 1. The maximum Gasteiger partial charge on any atom is 0.173 e. The van der Waals surface area contributed by atoms with Gasteiger partial charge in [-0.1, -0.05) is 12.1 Å². The van der Waals surface area contributed by atoms with Crippen LogP contribution in [0, 0.1) is 11.6 Å². The molecule has 0 aliphatic rings. The van der Waals surface area contributed by atoms with Crippen LogP contribution in [0.3, 0.4) is 0 Å². The van der Waals surface area contributed by atoms with Crippen molar-refractivity contribution >= 4 is 15.9 Å². The van der Waals surface area contributed by atoms with Gasteiger partial charge in [0.1, 0.15) is 0 Å². The zero-order valence-corrected chi connectivity index (χ0v) is 9.24. The fraction of sp³-hybridized carbons (Fsp3) is 0.200. The normalized spacial score (nSPS) is 12.6. The molecule has 1 rings (SSSR count). The summed E-state index contributed by atoms with van der Waals surface area (Å²) in [4.78, 5) is 0. The Hall–Kier alpha value is -0.740. The van der Waals surface area contributed by atoms with E-state index in [-0.39, 0.29) is 10.5 Å². The molecule has 0 aliphatic heterocycles. The van der Waals surface area contributed by atoms with E-state index in [1.54, 1.807) is 13.1 Å². The Bertz CT molecular complexity index is 352. The molecule has 1 aromatic carbocycles. The predicted molar refractivity (Wildman–Crippen MR) is 56.1 cm³/mol. The molecule has 0 saturated heterocycles. The van der Waals surface area contributed by atoms with Crippen LogP contribution in [0.4, 0.5) is 8.78 Å². The molecule has 1 aromatic rings. The standard InChI is InChI=1S/C10H10BrF2N/c1-3-8(14-2)6-4-5-7(12)10(13)9(6)11/h3-5,8,14H,1H2,2H3. The molecule has 4 heteroatoms. The molecule has 0 amide bonds.